The Kier molecular flexibility index (Phi) is 3.21. The van der Waals surface area contributed by atoms with Gasteiger partial charge in [0, 0.05) is 6.54 Å². The van der Waals surface area contributed by atoms with Crippen molar-refractivity contribution in [2.45, 2.75) is 45.4 Å². The normalized spacial score (nSPS) is 21.8. The van der Waals surface area contributed by atoms with Crippen LogP contribution in [-0.2, 0) is 4.79 Å². The molecule has 1 amide bonds. The molecule has 1 saturated carbocycles. The van der Waals surface area contributed by atoms with Gasteiger partial charge in [0.2, 0.25) is 5.91 Å². The van der Waals surface area contributed by atoms with E-state index in [4.69, 9.17) is 0 Å². The van der Waals surface area contributed by atoms with Crippen LogP contribution in [0.3, 0.4) is 0 Å². The molecule has 0 bridgehead atoms. The minimum Gasteiger partial charge on any atom is -0.382 e. The molecule has 2 aliphatic rings. The van der Waals surface area contributed by atoms with Crippen LogP contribution in [0.5, 0.6) is 0 Å². The number of nitrogens with one attached hydrogen (secondary N) is 2. The summed E-state index contributed by atoms with van der Waals surface area (Å²) in [6.45, 7) is 2.85. The van der Waals surface area contributed by atoms with Crippen LogP contribution in [-0.4, -0.2) is 12.5 Å². The quantitative estimate of drug-likeness (QED) is 0.745. The predicted molar refractivity (Wildman–Crippen MR) is 78.4 cm³/mol. The lowest BCUT2D eigenvalue weighted by Gasteiger charge is -2.29. The summed E-state index contributed by atoms with van der Waals surface area (Å²) in [4.78, 5) is 12.6. The van der Waals surface area contributed by atoms with Crippen LogP contribution in [0, 0.1) is 12.3 Å². The molecule has 3 rings (SSSR count). The lowest BCUT2D eigenvalue weighted by Crippen LogP contribution is -2.39. The molecule has 1 fully saturated rings. The average Bonchev–Trinajstić information content (AvgIpc) is 2.71. The highest BCUT2D eigenvalue weighted by Gasteiger charge is 2.40. The highest BCUT2D eigenvalue weighted by atomic mass is 16.2. The van der Waals surface area contributed by atoms with Crippen molar-refractivity contribution in [2.24, 2.45) is 5.41 Å². The third-order valence-corrected chi connectivity index (χ3v) is 4.58. The fraction of sp³-hybridized carbons (Fsp3) is 0.562. The predicted octanol–water partition coefficient (Wildman–Crippen LogP) is 3.70. The standard InChI is InChI=1S/C16H22N2O/c1-12-6-7-13-14(10-12)17-11-16(15(19)18-13)8-4-2-3-5-9-16/h6-7,10,17H,2-5,8-9,11H2,1H3,(H,18,19). The third kappa shape index (κ3) is 2.34. The van der Waals surface area contributed by atoms with E-state index in [2.05, 4.69) is 23.6 Å². The van der Waals surface area contributed by atoms with Crippen LogP contribution in [0.1, 0.15) is 44.1 Å². The van der Waals surface area contributed by atoms with Gasteiger partial charge in [0.1, 0.15) is 0 Å². The summed E-state index contributed by atoms with van der Waals surface area (Å²) in [5, 5.41) is 6.64. The van der Waals surface area contributed by atoms with Gasteiger partial charge in [-0.3, -0.25) is 4.79 Å². The van der Waals surface area contributed by atoms with Gasteiger partial charge in [0.25, 0.3) is 0 Å². The largest absolute Gasteiger partial charge is 0.382 e. The maximum absolute atomic E-state index is 12.6. The molecule has 0 radical (unpaired) electrons. The van der Waals surface area contributed by atoms with E-state index in [1.807, 2.05) is 12.1 Å². The maximum atomic E-state index is 12.6. The molecule has 1 aliphatic heterocycles. The Morgan fingerprint density at radius 3 is 2.53 bits per heavy atom. The minimum atomic E-state index is -0.205. The lowest BCUT2D eigenvalue weighted by molar-refractivity contribution is -0.125. The molecule has 0 unspecified atom stereocenters. The van der Waals surface area contributed by atoms with Crippen molar-refractivity contribution in [3.8, 4) is 0 Å². The Hall–Kier alpha value is -1.51. The molecule has 3 nitrogen and oxygen atoms in total. The van der Waals surface area contributed by atoms with Crippen molar-refractivity contribution >= 4 is 17.3 Å². The zero-order valence-electron chi connectivity index (χ0n) is 11.6. The van der Waals surface area contributed by atoms with Crippen LogP contribution in [0.4, 0.5) is 11.4 Å². The molecule has 102 valence electrons. The van der Waals surface area contributed by atoms with Gasteiger partial charge >= 0.3 is 0 Å². The van der Waals surface area contributed by atoms with E-state index in [0.717, 1.165) is 30.8 Å². The van der Waals surface area contributed by atoms with Crippen molar-refractivity contribution in [1.29, 1.82) is 0 Å². The molecule has 1 aliphatic carbocycles. The highest BCUT2D eigenvalue weighted by Crippen LogP contribution is 2.39. The summed E-state index contributed by atoms with van der Waals surface area (Å²) in [5.74, 6) is 0.213. The summed E-state index contributed by atoms with van der Waals surface area (Å²) in [6.07, 6.45) is 6.90. The summed E-state index contributed by atoms with van der Waals surface area (Å²) >= 11 is 0. The Morgan fingerprint density at radius 1 is 1.05 bits per heavy atom. The Balaban J connectivity index is 1.90. The van der Waals surface area contributed by atoms with Crippen molar-refractivity contribution in [3.63, 3.8) is 0 Å². The second-order valence-corrected chi connectivity index (χ2v) is 6.05. The first-order valence-corrected chi connectivity index (χ1v) is 7.36. The smallest absolute Gasteiger partial charge is 0.232 e. The molecule has 1 spiro atoms. The lowest BCUT2D eigenvalue weighted by atomic mass is 9.79. The van der Waals surface area contributed by atoms with Gasteiger partial charge in [-0.25, -0.2) is 0 Å². The third-order valence-electron chi connectivity index (χ3n) is 4.58. The van der Waals surface area contributed by atoms with Gasteiger partial charge in [0.05, 0.1) is 16.8 Å². The van der Waals surface area contributed by atoms with Gasteiger partial charge in [0.15, 0.2) is 0 Å². The number of anilines is 2. The summed E-state index contributed by atoms with van der Waals surface area (Å²) < 4.78 is 0. The van der Waals surface area contributed by atoms with Gasteiger partial charge < -0.3 is 10.6 Å². The van der Waals surface area contributed by atoms with Crippen molar-refractivity contribution in [2.75, 3.05) is 17.2 Å². The fourth-order valence-electron chi connectivity index (χ4n) is 3.32. The van der Waals surface area contributed by atoms with Gasteiger partial charge in [-0.2, -0.15) is 0 Å². The van der Waals surface area contributed by atoms with Crippen LogP contribution in [0.25, 0.3) is 0 Å². The Labute approximate surface area is 114 Å². The maximum Gasteiger partial charge on any atom is 0.232 e. The van der Waals surface area contributed by atoms with Gasteiger partial charge in [-0.15, -0.1) is 0 Å². The van der Waals surface area contributed by atoms with Gasteiger partial charge in [-0.1, -0.05) is 31.7 Å². The molecule has 0 aromatic heterocycles. The van der Waals surface area contributed by atoms with Crippen LogP contribution < -0.4 is 10.6 Å². The van der Waals surface area contributed by atoms with Crippen LogP contribution in [0.2, 0.25) is 0 Å². The topological polar surface area (TPSA) is 41.1 Å². The first kappa shape index (κ1) is 12.5. The van der Waals surface area contributed by atoms with Crippen LogP contribution >= 0.6 is 0 Å². The van der Waals surface area contributed by atoms with E-state index >= 15 is 0 Å². The van der Waals surface area contributed by atoms with E-state index in [1.54, 1.807) is 0 Å². The van der Waals surface area contributed by atoms with E-state index in [1.165, 1.54) is 31.2 Å². The van der Waals surface area contributed by atoms with E-state index < -0.39 is 0 Å². The number of benzene rings is 1. The second kappa shape index (κ2) is 4.87. The number of amides is 1. The Bertz CT molecular complexity index is 488. The molecule has 1 aromatic rings. The number of hydrogen-bond donors (Lipinski definition) is 2. The zero-order valence-corrected chi connectivity index (χ0v) is 11.6. The average molecular weight is 258 g/mol. The zero-order chi connectivity index (χ0) is 13.3. The SMILES string of the molecule is Cc1ccc2c(c1)NCC1(CCCCCC1)C(=O)N2. The van der Waals surface area contributed by atoms with Gasteiger partial charge in [-0.05, 0) is 37.5 Å². The molecular weight excluding hydrogens is 236 g/mol. The molecule has 1 aromatic carbocycles. The van der Waals surface area contributed by atoms with E-state index in [-0.39, 0.29) is 11.3 Å². The summed E-state index contributed by atoms with van der Waals surface area (Å²) in [5.41, 5.74) is 3.01. The van der Waals surface area contributed by atoms with E-state index in [0.29, 0.717) is 0 Å². The number of aryl methyl sites for hydroxylation is 1. The summed E-state index contributed by atoms with van der Waals surface area (Å²) in [6, 6.07) is 6.17. The van der Waals surface area contributed by atoms with Crippen molar-refractivity contribution in [3.05, 3.63) is 23.8 Å². The number of carbonyl (C=O) groups excluding carboxylic acids is 1. The molecule has 19 heavy (non-hydrogen) atoms. The molecule has 2 N–H and O–H groups in total. The number of rotatable bonds is 0. The molecular formula is C16H22N2O. The first-order chi connectivity index (χ1) is 9.20. The number of carbonyl (C=O) groups is 1. The minimum absolute atomic E-state index is 0.205. The second-order valence-electron chi connectivity index (χ2n) is 6.05. The highest BCUT2D eigenvalue weighted by molar-refractivity contribution is 6.00. The summed E-state index contributed by atoms with van der Waals surface area (Å²) in [7, 11) is 0. The molecule has 0 atom stereocenters. The monoisotopic (exact) mass is 258 g/mol. The fourth-order valence-corrected chi connectivity index (χ4v) is 3.32. The molecule has 3 heteroatoms. The van der Waals surface area contributed by atoms with Crippen molar-refractivity contribution < 1.29 is 4.79 Å². The Morgan fingerprint density at radius 2 is 1.79 bits per heavy atom. The first-order valence-electron chi connectivity index (χ1n) is 7.36. The number of fused-ring (bicyclic) bond motifs is 1. The molecule has 1 heterocycles. The number of hydrogen-bond acceptors (Lipinski definition) is 2. The van der Waals surface area contributed by atoms with Crippen molar-refractivity contribution in [1.82, 2.24) is 0 Å². The van der Waals surface area contributed by atoms with Crippen LogP contribution in [0.15, 0.2) is 18.2 Å². The van der Waals surface area contributed by atoms with E-state index in [9.17, 15) is 4.79 Å². The molecule has 0 saturated heterocycles.